The van der Waals surface area contributed by atoms with E-state index >= 15 is 0 Å². The van der Waals surface area contributed by atoms with Crippen LogP contribution in [-0.2, 0) is 19.3 Å². The second-order valence-electron chi connectivity index (χ2n) is 7.47. The van der Waals surface area contributed by atoms with Crippen LogP contribution in [0.3, 0.4) is 0 Å². The van der Waals surface area contributed by atoms with Crippen LogP contribution in [-0.4, -0.2) is 33.0 Å². The number of nitrogens with one attached hydrogen (secondary N) is 1. The largest absolute Gasteiger partial charge is 0.506 e. The number of anilines is 1. The van der Waals surface area contributed by atoms with E-state index in [4.69, 9.17) is 10.2 Å². The summed E-state index contributed by atoms with van der Waals surface area (Å²) in [6, 6.07) is 11.8. The average molecular weight is 390 g/mol. The van der Waals surface area contributed by atoms with Crippen molar-refractivity contribution in [3.05, 3.63) is 59.0 Å². The van der Waals surface area contributed by atoms with Crippen molar-refractivity contribution in [3.8, 4) is 5.75 Å². The molecule has 4 rings (SSSR count). The number of rotatable bonds is 6. The number of aryl methyl sites for hydroxylation is 2. The summed E-state index contributed by atoms with van der Waals surface area (Å²) in [6.07, 6.45) is 8.65. The van der Waals surface area contributed by atoms with Crippen LogP contribution in [0, 0.1) is 0 Å². The van der Waals surface area contributed by atoms with Gasteiger partial charge in [-0.1, -0.05) is 29.8 Å². The molecule has 0 saturated carbocycles. The fraction of sp³-hybridized carbons (Fsp3) is 0.348. The van der Waals surface area contributed by atoms with Crippen molar-refractivity contribution in [1.82, 2.24) is 9.97 Å². The van der Waals surface area contributed by atoms with Crippen molar-refractivity contribution in [2.45, 2.75) is 44.9 Å². The zero-order chi connectivity index (χ0) is 20.1. The van der Waals surface area contributed by atoms with Crippen LogP contribution in [0.5, 0.6) is 5.75 Å². The maximum atomic E-state index is 9.74. The van der Waals surface area contributed by atoms with E-state index in [-0.39, 0.29) is 11.4 Å². The Balaban J connectivity index is 1.50. The molecule has 0 unspecified atom stereocenters. The lowest BCUT2D eigenvalue weighted by Crippen LogP contribution is -2.09. The number of para-hydroxylation sites is 1. The van der Waals surface area contributed by atoms with Crippen LogP contribution in [0.2, 0.25) is 0 Å². The van der Waals surface area contributed by atoms with Gasteiger partial charge in [-0.15, -0.1) is 0 Å². The number of hydrogen-bond acceptors (Lipinski definition) is 6. The van der Waals surface area contributed by atoms with E-state index in [0.717, 1.165) is 49.7 Å². The first kappa shape index (κ1) is 19.2. The van der Waals surface area contributed by atoms with Gasteiger partial charge < -0.3 is 15.6 Å². The van der Waals surface area contributed by atoms with Crippen molar-refractivity contribution >= 4 is 22.8 Å². The Morgan fingerprint density at radius 2 is 1.90 bits per heavy atom. The number of aromatic nitrogens is 2. The molecule has 6 nitrogen and oxygen atoms in total. The molecule has 0 saturated heterocycles. The first-order valence-electron chi connectivity index (χ1n) is 10.3. The predicted octanol–water partition coefficient (Wildman–Crippen LogP) is 4.46. The van der Waals surface area contributed by atoms with Crippen molar-refractivity contribution in [3.63, 3.8) is 0 Å². The summed E-state index contributed by atoms with van der Waals surface area (Å²) in [4.78, 5) is 9.28. The highest BCUT2D eigenvalue weighted by atomic mass is 16.4. The number of nitrogens with zero attached hydrogens (tertiary/aromatic N) is 3. The molecule has 3 N–H and O–H groups in total. The van der Waals surface area contributed by atoms with Gasteiger partial charge in [0.1, 0.15) is 11.4 Å². The maximum absolute atomic E-state index is 9.74. The quantitative estimate of drug-likeness (QED) is 0.190. The van der Waals surface area contributed by atoms with Crippen molar-refractivity contribution in [1.29, 1.82) is 0 Å². The molecule has 1 aromatic carbocycles. The summed E-state index contributed by atoms with van der Waals surface area (Å²) in [5, 5.41) is 26.3. The van der Waals surface area contributed by atoms with Crippen molar-refractivity contribution in [2.75, 3.05) is 11.9 Å². The minimum atomic E-state index is 0.00984. The van der Waals surface area contributed by atoms with Crippen molar-refractivity contribution < 1.29 is 10.3 Å². The molecular weight excluding hydrogens is 364 g/mol. The monoisotopic (exact) mass is 390 g/mol. The Bertz CT molecular complexity index is 1030. The van der Waals surface area contributed by atoms with E-state index in [9.17, 15) is 5.11 Å². The zero-order valence-electron chi connectivity index (χ0n) is 16.4. The summed E-state index contributed by atoms with van der Waals surface area (Å²) < 4.78 is 0. The minimum Gasteiger partial charge on any atom is -0.506 e. The number of aromatic hydroxyl groups is 1. The van der Waals surface area contributed by atoms with E-state index < -0.39 is 0 Å². The van der Waals surface area contributed by atoms with Gasteiger partial charge in [0.2, 0.25) is 0 Å². The topological polar surface area (TPSA) is 90.6 Å². The van der Waals surface area contributed by atoms with E-state index in [1.54, 1.807) is 12.1 Å². The molecule has 6 heteroatoms. The van der Waals surface area contributed by atoms with Crippen LogP contribution in [0.4, 0.5) is 5.69 Å². The van der Waals surface area contributed by atoms with Crippen LogP contribution in [0.15, 0.2) is 41.6 Å². The lowest BCUT2D eigenvalue weighted by Gasteiger charge is -2.17. The molecule has 0 fully saturated rings. The number of hydrogen-bond donors (Lipinski definition) is 3. The van der Waals surface area contributed by atoms with Gasteiger partial charge in [-0.05, 0) is 62.3 Å². The van der Waals surface area contributed by atoms with Crippen LogP contribution >= 0.6 is 0 Å². The third kappa shape index (κ3) is 4.31. The number of pyridine rings is 2. The lowest BCUT2D eigenvalue weighted by molar-refractivity contribution is 0.321. The molecule has 150 valence electrons. The second-order valence-corrected chi connectivity index (χ2v) is 7.47. The van der Waals surface area contributed by atoms with Gasteiger partial charge in [0, 0.05) is 29.0 Å². The van der Waals surface area contributed by atoms with Gasteiger partial charge in [-0.3, -0.25) is 4.98 Å². The van der Waals surface area contributed by atoms with Gasteiger partial charge >= 0.3 is 0 Å². The van der Waals surface area contributed by atoms with Gasteiger partial charge in [0.15, 0.2) is 0 Å². The fourth-order valence-corrected chi connectivity index (χ4v) is 4.03. The predicted molar refractivity (Wildman–Crippen MR) is 115 cm³/mol. The Morgan fingerprint density at radius 1 is 1.03 bits per heavy atom. The zero-order valence-corrected chi connectivity index (χ0v) is 16.4. The molecule has 0 spiro atoms. The minimum absolute atomic E-state index is 0.00984. The molecule has 3 aromatic rings. The highest BCUT2D eigenvalue weighted by molar-refractivity contribution is 5.93. The van der Waals surface area contributed by atoms with Gasteiger partial charge in [0.05, 0.1) is 11.7 Å². The maximum Gasteiger partial charge on any atom is 0.142 e. The first-order chi connectivity index (χ1) is 14.3. The molecule has 2 aromatic heterocycles. The molecule has 1 aliphatic carbocycles. The molecule has 0 aliphatic heterocycles. The normalized spacial score (nSPS) is 14.1. The standard InChI is InChI=1S/C23H26N4O2/c28-22-13-12-16(26-21(22)15-25-29)7-6-14-24-23-17-8-2-1-3-10-19(17)27-20-11-5-4-9-18(20)23/h4-5,9,11-13,15,28-29H,1-3,6-8,10,14H2,(H,24,27)/b25-15+. The number of fused-ring (bicyclic) bond motifs is 2. The first-order valence-corrected chi connectivity index (χ1v) is 10.3. The lowest BCUT2D eigenvalue weighted by atomic mass is 10.0. The average Bonchev–Trinajstić information content (AvgIpc) is 2.98. The van der Waals surface area contributed by atoms with E-state index in [1.807, 2.05) is 6.07 Å². The van der Waals surface area contributed by atoms with E-state index in [0.29, 0.717) is 0 Å². The summed E-state index contributed by atoms with van der Waals surface area (Å²) in [5.41, 5.74) is 6.06. The molecule has 0 amide bonds. The van der Waals surface area contributed by atoms with Crippen molar-refractivity contribution in [2.24, 2.45) is 5.16 Å². The van der Waals surface area contributed by atoms with Gasteiger partial charge in [-0.2, -0.15) is 0 Å². The SMILES string of the molecule is O/N=C/c1nc(CCCNc2c3c(nc4ccccc24)CCCCC3)ccc1O. The summed E-state index contributed by atoms with van der Waals surface area (Å²) >= 11 is 0. The Kier molecular flexibility index (Phi) is 5.89. The highest BCUT2D eigenvalue weighted by Crippen LogP contribution is 2.32. The van der Waals surface area contributed by atoms with Crippen LogP contribution in [0.25, 0.3) is 10.9 Å². The van der Waals surface area contributed by atoms with E-state index in [1.165, 1.54) is 41.6 Å². The fourth-order valence-electron chi connectivity index (χ4n) is 4.03. The molecule has 0 atom stereocenters. The Morgan fingerprint density at radius 3 is 2.79 bits per heavy atom. The summed E-state index contributed by atoms with van der Waals surface area (Å²) in [5.74, 6) is 0.00984. The summed E-state index contributed by atoms with van der Waals surface area (Å²) in [6.45, 7) is 0.826. The van der Waals surface area contributed by atoms with Crippen LogP contribution in [0.1, 0.15) is 48.3 Å². The number of oxime groups is 1. The molecule has 2 heterocycles. The smallest absolute Gasteiger partial charge is 0.142 e. The summed E-state index contributed by atoms with van der Waals surface area (Å²) in [7, 11) is 0. The van der Waals surface area contributed by atoms with E-state index in [2.05, 4.69) is 33.7 Å². The third-order valence-electron chi connectivity index (χ3n) is 5.47. The number of benzene rings is 1. The second kappa shape index (κ2) is 8.90. The van der Waals surface area contributed by atoms with Crippen LogP contribution < -0.4 is 5.32 Å². The molecule has 29 heavy (non-hydrogen) atoms. The van der Waals surface area contributed by atoms with Gasteiger partial charge in [-0.25, -0.2) is 4.98 Å². The van der Waals surface area contributed by atoms with Gasteiger partial charge in [0.25, 0.3) is 0 Å². The molecule has 0 bridgehead atoms. The highest BCUT2D eigenvalue weighted by Gasteiger charge is 2.16. The Hall–Kier alpha value is -3.15. The Labute approximate surface area is 170 Å². The third-order valence-corrected chi connectivity index (χ3v) is 5.47. The molecule has 0 radical (unpaired) electrons. The molecule has 1 aliphatic rings. The molecular formula is C23H26N4O2.